The number of rotatable bonds is 1. The first-order valence-corrected chi connectivity index (χ1v) is 5.81. The largest absolute Gasteiger partial charge is 0.444 e. The number of alkyl carbamates (subject to hydrolysis) is 1. The van der Waals surface area contributed by atoms with Crippen LogP contribution in [0, 0.1) is 0 Å². The number of amides is 1. The SMILES string of the molecule is C[C@H]1OC(O)[C@H](O)[C@H](O)[C@H]1NC(=O)OC(C)(C)C. The molecule has 1 heterocycles. The predicted molar refractivity (Wildman–Crippen MR) is 61.7 cm³/mol. The van der Waals surface area contributed by atoms with Crippen molar-refractivity contribution in [2.24, 2.45) is 0 Å². The molecule has 1 aliphatic heterocycles. The number of hydrogen-bond donors (Lipinski definition) is 4. The van der Waals surface area contributed by atoms with Crippen molar-refractivity contribution >= 4 is 6.09 Å². The molecule has 5 atom stereocenters. The van der Waals surface area contributed by atoms with Crippen LogP contribution in [0.1, 0.15) is 27.7 Å². The first-order valence-electron chi connectivity index (χ1n) is 5.81. The third kappa shape index (κ3) is 3.81. The van der Waals surface area contributed by atoms with Crippen molar-refractivity contribution in [2.75, 3.05) is 0 Å². The molecular weight excluding hydrogens is 242 g/mol. The smallest absolute Gasteiger partial charge is 0.408 e. The van der Waals surface area contributed by atoms with Crippen molar-refractivity contribution in [3.8, 4) is 0 Å². The van der Waals surface area contributed by atoms with Crippen LogP contribution < -0.4 is 5.32 Å². The van der Waals surface area contributed by atoms with Crippen molar-refractivity contribution in [2.45, 2.75) is 63.9 Å². The van der Waals surface area contributed by atoms with E-state index in [1.54, 1.807) is 27.7 Å². The zero-order valence-corrected chi connectivity index (χ0v) is 11.0. The summed E-state index contributed by atoms with van der Waals surface area (Å²) in [6, 6.07) is -0.849. The van der Waals surface area contributed by atoms with Crippen LogP contribution in [0.25, 0.3) is 0 Å². The molecule has 1 saturated heterocycles. The molecule has 106 valence electrons. The second-order valence-electron chi connectivity index (χ2n) is 5.38. The summed E-state index contributed by atoms with van der Waals surface area (Å²) in [6.45, 7) is 6.70. The Bertz CT molecular complexity index is 302. The maximum Gasteiger partial charge on any atom is 0.408 e. The van der Waals surface area contributed by atoms with Crippen LogP contribution in [0.2, 0.25) is 0 Å². The summed E-state index contributed by atoms with van der Waals surface area (Å²) in [6.07, 6.45) is -5.62. The van der Waals surface area contributed by atoms with E-state index in [2.05, 4.69) is 5.32 Å². The minimum atomic E-state index is -1.47. The maximum atomic E-state index is 11.6. The van der Waals surface area contributed by atoms with E-state index in [0.29, 0.717) is 0 Å². The summed E-state index contributed by atoms with van der Waals surface area (Å²) in [5.41, 5.74) is -0.661. The summed E-state index contributed by atoms with van der Waals surface area (Å²) in [4.78, 5) is 11.6. The van der Waals surface area contributed by atoms with Gasteiger partial charge in [-0.2, -0.15) is 0 Å². The van der Waals surface area contributed by atoms with Crippen LogP contribution in [0.5, 0.6) is 0 Å². The minimum Gasteiger partial charge on any atom is -0.444 e. The number of carbonyl (C=O) groups excluding carboxylic acids is 1. The van der Waals surface area contributed by atoms with E-state index in [9.17, 15) is 20.1 Å². The molecule has 0 aromatic heterocycles. The van der Waals surface area contributed by atoms with Crippen LogP contribution in [-0.2, 0) is 9.47 Å². The summed E-state index contributed by atoms with van der Waals surface area (Å²) < 4.78 is 10.0. The Labute approximate surface area is 106 Å². The van der Waals surface area contributed by atoms with Crippen molar-refractivity contribution in [1.29, 1.82) is 0 Å². The van der Waals surface area contributed by atoms with E-state index in [0.717, 1.165) is 0 Å². The fraction of sp³-hybridized carbons (Fsp3) is 0.909. The standard InChI is InChI=1S/C11H21NO6/c1-5-6(7(13)8(14)9(15)17-5)12-10(16)18-11(2,3)4/h5-9,13-15H,1-4H3,(H,12,16)/t5-,6+,7-,8-,9?/m1/s1. The summed E-state index contributed by atoms with van der Waals surface area (Å²) >= 11 is 0. The molecule has 0 saturated carbocycles. The zero-order valence-electron chi connectivity index (χ0n) is 11.0. The Kier molecular flexibility index (Phi) is 4.55. The first kappa shape index (κ1) is 15.2. The highest BCUT2D eigenvalue weighted by Gasteiger charge is 2.43. The highest BCUT2D eigenvalue weighted by Crippen LogP contribution is 2.20. The van der Waals surface area contributed by atoms with Gasteiger partial charge in [0.1, 0.15) is 17.8 Å². The fourth-order valence-corrected chi connectivity index (χ4v) is 1.69. The van der Waals surface area contributed by atoms with Crippen molar-refractivity contribution in [3.63, 3.8) is 0 Å². The molecule has 1 rings (SSSR count). The van der Waals surface area contributed by atoms with Crippen molar-refractivity contribution < 1.29 is 29.6 Å². The van der Waals surface area contributed by atoms with Gasteiger partial charge in [-0.15, -0.1) is 0 Å². The van der Waals surface area contributed by atoms with Gasteiger partial charge in [-0.1, -0.05) is 0 Å². The summed E-state index contributed by atoms with van der Waals surface area (Å²) in [5.74, 6) is 0. The molecule has 1 amide bonds. The molecule has 1 aliphatic rings. The maximum absolute atomic E-state index is 11.6. The third-order valence-electron chi connectivity index (χ3n) is 2.55. The summed E-state index contributed by atoms with van der Waals surface area (Å²) in [7, 11) is 0. The van der Waals surface area contributed by atoms with Gasteiger partial charge in [0.25, 0.3) is 0 Å². The van der Waals surface area contributed by atoms with Crippen LogP contribution in [-0.4, -0.2) is 57.7 Å². The Morgan fingerprint density at radius 1 is 1.22 bits per heavy atom. The molecule has 1 fully saturated rings. The fourth-order valence-electron chi connectivity index (χ4n) is 1.69. The highest BCUT2D eigenvalue weighted by atomic mass is 16.6. The second-order valence-corrected chi connectivity index (χ2v) is 5.38. The van der Waals surface area contributed by atoms with Crippen molar-refractivity contribution in [1.82, 2.24) is 5.32 Å². The Morgan fingerprint density at radius 2 is 1.78 bits per heavy atom. The van der Waals surface area contributed by atoms with Crippen LogP contribution in [0.3, 0.4) is 0 Å². The quantitative estimate of drug-likeness (QED) is 0.500. The van der Waals surface area contributed by atoms with E-state index >= 15 is 0 Å². The Hall–Kier alpha value is -0.890. The number of ether oxygens (including phenoxy) is 2. The molecule has 7 heteroatoms. The molecule has 4 N–H and O–H groups in total. The molecule has 18 heavy (non-hydrogen) atoms. The minimum absolute atomic E-state index is 0.647. The molecule has 0 aromatic rings. The van der Waals surface area contributed by atoms with Crippen LogP contribution >= 0.6 is 0 Å². The number of carbonyl (C=O) groups is 1. The van der Waals surface area contributed by atoms with Crippen LogP contribution in [0.15, 0.2) is 0 Å². The first-order chi connectivity index (χ1) is 8.11. The molecule has 0 radical (unpaired) electrons. The highest BCUT2D eigenvalue weighted by molar-refractivity contribution is 5.68. The number of hydrogen-bond acceptors (Lipinski definition) is 6. The third-order valence-corrected chi connectivity index (χ3v) is 2.55. The second kappa shape index (κ2) is 5.40. The normalized spacial score (nSPS) is 37.2. The summed E-state index contributed by atoms with van der Waals surface area (Å²) in [5, 5.41) is 30.9. The van der Waals surface area contributed by atoms with Gasteiger partial charge >= 0.3 is 6.09 Å². The average molecular weight is 263 g/mol. The number of aliphatic hydroxyl groups is 3. The molecule has 7 nitrogen and oxygen atoms in total. The molecule has 0 aliphatic carbocycles. The van der Waals surface area contributed by atoms with Gasteiger partial charge in [-0.3, -0.25) is 0 Å². The van der Waals surface area contributed by atoms with Gasteiger partial charge in [0.2, 0.25) is 0 Å². The predicted octanol–water partition coefficient (Wildman–Crippen LogP) is -0.661. The monoisotopic (exact) mass is 263 g/mol. The topological polar surface area (TPSA) is 108 Å². The average Bonchev–Trinajstić information content (AvgIpc) is 2.19. The molecule has 0 aromatic carbocycles. The lowest BCUT2D eigenvalue weighted by Crippen LogP contribution is -2.63. The lowest BCUT2D eigenvalue weighted by atomic mass is 9.97. The van der Waals surface area contributed by atoms with Gasteiger partial charge in [-0.05, 0) is 27.7 Å². The van der Waals surface area contributed by atoms with Gasteiger partial charge < -0.3 is 30.1 Å². The number of nitrogens with one attached hydrogen (secondary N) is 1. The van der Waals surface area contributed by atoms with E-state index in [1.807, 2.05) is 0 Å². The van der Waals surface area contributed by atoms with E-state index in [1.165, 1.54) is 0 Å². The number of aliphatic hydroxyl groups excluding tert-OH is 3. The molecular formula is C11H21NO6. The van der Waals surface area contributed by atoms with E-state index < -0.39 is 42.3 Å². The van der Waals surface area contributed by atoms with Gasteiger partial charge in [0.15, 0.2) is 6.29 Å². The lowest BCUT2D eigenvalue weighted by Gasteiger charge is -2.39. The van der Waals surface area contributed by atoms with Gasteiger partial charge in [-0.25, -0.2) is 4.79 Å². The van der Waals surface area contributed by atoms with E-state index in [-0.39, 0.29) is 0 Å². The van der Waals surface area contributed by atoms with Crippen molar-refractivity contribution in [3.05, 3.63) is 0 Å². The molecule has 0 bridgehead atoms. The van der Waals surface area contributed by atoms with E-state index in [4.69, 9.17) is 9.47 Å². The Morgan fingerprint density at radius 3 is 2.28 bits per heavy atom. The lowest BCUT2D eigenvalue weighted by molar-refractivity contribution is -0.252. The molecule has 0 spiro atoms. The van der Waals surface area contributed by atoms with Gasteiger partial charge in [0.05, 0.1) is 12.1 Å². The van der Waals surface area contributed by atoms with Crippen LogP contribution in [0.4, 0.5) is 4.79 Å². The zero-order chi connectivity index (χ0) is 14.1. The Balaban J connectivity index is 2.62. The molecule has 1 unspecified atom stereocenters. The van der Waals surface area contributed by atoms with Gasteiger partial charge in [0, 0.05) is 0 Å².